The molecule has 0 aliphatic carbocycles. The van der Waals surface area contributed by atoms with E-state index in [1.807, 2.05) is 0 Å². The number of nitrogens with one attached hydrogen (secondary N) is 1. The van der Waals surface area contributed by atoms with Crippen molar-refractivity contribution in [2.45, 2.75) is 17.6 Å². The van der Waals surface area contributed by atoms with Crippen molar-refractivity contribution in [1.29, 1.82) is 0 Å². The molecule has 0 saturated heterocycles. The molecular formula is C18H13ClF3N3O3S. The summed E-state index contributed by atoms with van der Waals surface area (Å²) in [5.41, 5.74) is -0.310. The summed E-state index contributed by atoms with van der Waals surface area (Å²) >= 11 is 5.79. The first kappa shape index (κ1) is 21.0. The minimum atomic E-state index is -4.58. The van der Waals surface area contributed by atoms with Gasteiger partial charge in [-0.3, -0.25) is 4.98 Å². The summed E-state index contributed by atoms with van der Waals surface area (Å²) in [5, 5.41) is -0.324. The predicted octanol–water partition coefficient (Wildman–Crippen LogP) is 4.42. The maximum atomic E-state index is 12.6. The molecular weight excluding hydrogens is 431 g/mol. The Morgan fingerprint density at radius 1 is 1.10 bits per heavy atom. The number of benzene rings is 1. The minimum Gasteiger partial charge on any atom is -0.438 e. The standard InChI is InChI=1S/C18H13ClF3N3O3S/c19-16-8-13(18(20,21)22)11-24-17(16)28-14-3-5-15(6-4-14)29(26,27)25-10-12-2-1-7-23-9-12/h1-9,11,25H,10H2. The van der Waals surface area contributed by atoms with Crippen LogP contribution in [-0.2, 0) is 22.7 Å². The third-order valence-electron chi connectivity index (χ3n) is 3.67. The van der Waals surface area contributed by atoms with E-state index in [2.05, 4.69) is 14.7 Å². The molecule has 3 aromatic rings. The lowest BCUT2D eigenvalue weighted by atomic mass is 10.3. The highest BCUT2D eigenvalue weighted by Crippen LogP contribution is 2.34. The van der Waals surface area contributed by atoms with Crippen LogP contribution in [0.3, 0.4) is 0 Å². The Morgan fingerprint density at radius 3 is 2.41 bits per heavy atom. The van der Waals surface area contributed by atoms with Gasteiger partial charge >= 0.3 is 6.18 Å². The molecule has 0 aliphatic heterocycles. The molecule has 0 fully saturated rings. The fourth-order valence-corrected chi connectivity index (χ4v) is 3.44. The molecule has 0 saturated carbocycles. The van der Waals surface area contributed by atoms with Crippen molar-refractivity contribution >= 4 is 21.6 Å². The first-order valence-corrected chi connectivity index (χ1v) is 9.90. The highest BCUT2D eigenvalue weighted by atomic mass is 35.5. The van der Waals surface area contributed by atoms with Crippen molar-refractivity contribution in [3.8, 4) is 11.6 Å². The second-order valence-electron chi connectivity index (χ2n) is 5.77. The molecule has 2 heterocycles. The van der Waals surface area contributed by atoms with Gasteiger partial charge in [-0.2, -0.15) is 13.2 Å². The van der Waals surface area contributed by atoms with E-state index >= 15 is 0 Å². The van der Waals surface area contributed by atoms with Crippen molar-refractivity contribution in [2.24, 2.45) is 0 Å². The molecule has 29 heavy (non-hydrogen) atoms. The normalized spacial score (nSPS) is 12.0. The monoisotopic (exact) mass is 443 g/mol. The highest BCUT2D eigenvalue weighted by Gasteiger charge is 2.31. The molecule has 0 bridgehead atoms. The third-order valence-corrected chi connectivity index (χ3v) is 5.36. The number of alkyl halides is 3. The van der Waals surface area contributed by atoms with Gasteiger partial charge in [-0.15, -0.1) is 0 Å². The van der Waals surface area contributed by atoms with Crippen LogP contribution in [0.25, 0.3) is 0 Å². The van der Waals surface area contributed by atoms with Crippen LogP contribution in [0.15, 0.2) is 66.0 Å². The molecule has 6 nitrogen and oxygen atoms in total. The Morgan fingerprint density at radius 2 is 1.83 bits per heavy atom. The van der Waals surface area contributed by atoms with E-state index in [0.717, 1.165) is 0 Å². The summed E-state index contributed by atoms with van der Waals surface area (Å²) in [7, 11) is -3.78. The minimum absolute atomic E-state index is 0.0137. The number of pyridine rings is 2. The maximum absolute atomic E-state index is 12.6. The number of halogens is 4. The molecule has 0 amide bonds. The zero-order chi connectivity index (χ0) is 21.1. The molecule has 0 spiro atoms. The van der Waals surface area contributed by atoms with Gasteiger partial charge in [-0.1, -0.05) is 17.7 Å². The Balaban J connectivity index is 1.70. The molecule has 3 rings (SSSR count). The summed E-state index contributed by atoms with van der Waals surface area (Å²) in [6, 6.07) is 9.38. The van der Waals surface area contributed by atoms with E-state index in [1.165, 1.54) is 24.3 Å². The topological polar surface area (TPSA) is 81.2 Å². The zero-order valence-corrected chi connectivity index (χ0v) is 16.1. The van der Waals surface area contributed by atoms with Gasteiger partial charge in [-0.05, 0) is 42.0 Å². The molecule has 0 radical (unpaired) electrons. The maximum Gasteiger partial charge on any atom is 0.417 e. The second-order valence-corrected chi connectivity index (χ2v) is 7.94. The van der Waals surface area contributed by atoms with E-state index in [1.54, 1.807) is 24.5 Å². The largest absolute Gasteiger partial charge is 0.438 e. The summed E-state index contributed by atoms with van der Waals surface area (Å²) in [6.45, 7) is 0.0690. The van der Waals surface area contributed by atoms with Crippen LogP contribution in [-0.4, -0.2) is 18.4 Å². The summed E-state index contributed by atoms with van der Waals surface area (Å²) in [6.07, 6.45) is -0.856. The van der Waals surface area contributed by atoms with Crippen LogP contribution in [0.1, 0.15) is 11.1 Å². The average molecular weight is 444 g/mol. The fourth-order valence-electron chi connectivity index (χ4n) is 2.22. The van der Waals surface area contributed by atoms with E-state index in [9.17, 15) is 21.6 Å². The first-order valence-electron chi connectivity index (χ1n) is 8.04. The van der Waals surface area contributed by atoms with Crippen LogP contribution in [0.4, 0.5) is 13.2 Å². The van der Waals surface area contributed by atoms with Crippen molar-refractivity contribution in [1.82, 2.24) is 14.7 Å². The molecule has 11 heteroatoms. The quantitative estimate of drug-likeness (QED) is 0.610. The van der Waals surface area contributed by atoms with Crippen LogP contribution < -0.4 is 9.46 Å². The van der Waals surface area contributed by atoms with E-state index in [0.29, 0.717) is 17.8 Å². The third kappa shape index (κ3) is 5.43. The second kappa shape index (κ2) is 8.36. The Kier molecular flexibility index (Phi) is 6.06. The van der Waals surface area contributed by atoms with Gasteiger partial charge in [0, 0.05) is 25.1 Å². The Hall–Kier alpha value is -2.69. The summed E-state index contributed by atoms with van der Waals surface area (Å²) in [4.78, 5) is 7.45. The number of rotatable bonds is 6. The van der Waals surface area contributed by atoms with E-state index in [4.69, 9.17) is 16.3 Å². The van der Waals surface area contributed by atoms with E-state index < -0.39 is 21.8 Å². The lowest BCUT2D eigenvalue weighted by Crippen LogP contribution is -2.23. The van der Waals surface area contributed by atoms with Gasteiger partial charge in [0.05, 0.1) is 10.5 Å². The fraction of sp³-hybridized carbons (Fsp3) is 0.111. The number of nitrogens with zero attached hydrogens (tertiary/aromatic N) is 2. The Bertz CT molecular complexity index is 1090. The zero-order valence-electron chi connectivity index (χ0n) is 14.5. The van der Waals surface area contributed by atoms with Crippen LogP contribution >= 0.6 is 11.6 Å². The van der Waals surface area contributed by atoms with Crippen molar-refractivity contribution in [2.75, 3.05) is 0 Å². The summed E-state index contributed by atoms with van der Waals surface area (Å²) in [5.74, 6) is -0.0738. The van der Waals surface area contributed by atoms with Crippen LogP contribution in [0, 0.1) is 0 Å². The first-order chi connectivity index (χ1) is 13.6. The van der Waals surface area contributed by atoms with Gasteiger partial charge in [0.15, 0.2) is 0 Å². The van der Waals surface area contributed by atoms with Crippen molar-refractivity contribution in [3.05, 3.63) is 77.2 Å². The summed E-state index contributed by atoms with van der Waals surface area (Å²) < 4.78 is 70.4. The molecule has 1 aromatic carbocycles. The van der Waals surface area contributed by atoms with Crippen LogP contribution in [0.2, 0.25) is 5.02 Å². The molecule has 0 unspecified atom stereocenters. The lowest BCUT2D eigenvalue weighted by molar-refractivity contribution is -0.137. The van der Waals surface area contributed by atoms with Gasteiger partial charge in [-0.25, -0.2) is 18.1 Å². The smallest absolute Gasteiger partial charge is 0.417 e. The number of sulfonamides is 1. The number of hydrogen-bond acceptors (Lipinski definition) is 5. The number of ether oxygens (including phenoxy) is 1. The lowest BCUT2D eigenvalue weighted by Gasteiger charge is -2.11. The van der Waals surface area contributed by atoms with Gasteiger partial charge in [0.1, 0.15) is 10.8 Å². The van der Waals surface area contributed by atoms with Gasteiger partial charge in [0.2, 0.25) is 15.9 Å². The van der Waals surface area contributed by atoms with Crippen LogP contribution in [0.5, 0.6) is 11.6 Å². The SMILES string of the molecule is O=S(=O)(NCc1cccnc1)c1ccc(Oc2ncc(C(F)(F)F)cc2Cl)cc1. The van der Waals surface area contributed by atoms with Crippen molar-refractivity contribution < 1.29 is 26.3 Å². The van der Waals surface area contributed by atoms with Gasteiger partial charge < -0.3 is 4.74 Å². The highest BCUT2D eigenvalue weighted by molar-refractivity contribution is 7.89. The average Bonchev–Trinajstić information content (AvgIpc) is 2.68. The Labute approximate surface area is 169 Å². The molecule has 2 aromatic heterocycles. The molecule has 0 atom stereocenters. The number of aromatic nitrogens is 2. The predicted molar refractivity (Wildman–Crippen MR) is 99.0 cm³/mol. The van der Waals surface area contributed by atoms with E-state index in [-0.39, 0.29) is 28.1 Å². The number of hydrogen-bond donors (Lipinski definition) is 1. The van der Waals surface area contributed by atoms with Crippen molar-refractivity contribution in [3.63, 3.8) is 0 Å². The molecule has 152 valence electrons. The molecule has 1 N–H and O–H groups in total. The van der Waals surface area contributed by atoms with Gasteiger partial charge in [0.25, 0.3) is 0 Å². The molecule has 0 aliphatic rings.